The summed E-state index contributed by atoms with van der Waals surface area (Å²) in [7, 11) is -4.01. The molecule has 2 N–H and O–H groups in total. The van der Waals surface area contributed by atoms with Gasteiger partial charge in [0, 0.05) is 0 Å². The number of aliphatic hydroxyl groups excluding tert-OH is 1. The highest BCUT2D eigenvalue weighted by atomic mass is 32.2. The van der Waals surface area contributed by atoms with E-state index in [4.69, 9.17) is 0 Å². The third kappa shape index (κ3) is 17.7. The summed E-state index contributed by atoms with van der Waals surface area (Å²) < 4.78 is 32.6. The molecule has 2 unspecified atom stereocenters. The Hall–Kier alpha value is -0.130. The molecule has 0 aliphatic heterocycles. The van der Waals surface area contributed by atoms with E-state index in [1.165, 1.54) is 51.4 Å². The van der Waals surface area contributed by atoms with Gasteiger partial charge in [-0.15, -0.1) is 0 Å². The van der Waals surface area contributed by atoms with Crippen molar-refractivity contribution in [3.63, 3.8) is 0 Å². The van der Waals surface area contributed by atoms with E-state index in [-0.39, 0.29) is 0 Å². The van der Waals surface area contributed by atoms with Crippen LogP contribution in [0.5, 0.6) is 0 Å². The number of hydrogen-bond donors (Lipinski definition) is 2. The van der Waals surface area contributed by atoms with Crippen LogP contribution in [0.1, 0.15) is 129 Å². The lowest BCUT2D eigenvalue weighted by Crippen LogP contribution is -2.22. The standard InChI is InChI=1S/C22H46O4S/c1-3-5-7-9-10-11-12-14-15-17-21(23)19-20-22(27(24,25)26)18-16-13-8-6-4-2/h21-23H,3-20H2,1-2H3,(H,24,25,26). The number of aliphatic hydroxyl groups is 1. The molecule has 0 radical (unpaired) electrons. The Morgan fingerprint density at radius 3 is 1.44 bits per heavy atom. The molecule has 0 heterocycles. The molecule has 0 aromatic rings. The molecular formula is C22H46O4S. The molecule has 0 fully saturated rings. The van der Waals surface area contributed by atoms with Crippen LogP contribution in [0.2, 0.25) is 0 Å². The van der Waals surface area contributed by atoms with Gasteiger partial charge < -0.3 is 5.11 Å². The fraction of sp³-hybridized carbons (Fsp3) is 1.00. The van der Waals surface area contributed by atoms with E-state index < -0.39 is 21.5 Å². The van der Waals surface area contributed by atoms with Gasteiger partial charge in [-0.25, -0.2) is 0 Å². The minimum Gasteiger partial charge on any atom is -0.393 e. The molecule has 4 nitrogen and oxygen atoms in total. The Morgan fingerprint density at radius 2 is 1.00 bits per heavy atom. The molecule has 164 valence electrons. The van der Waals surface area contributed by atoms with Crippen LogP contribution in [0.15, 0.2) is 0 Å². The van der Waals surface area contributed by atoms with E-state index in [2.05, 4.69) is 13.8 Å². The summed E-state index contributed by atoms with van der Waals surface area (Å²) in [6.45, 7) is 4.38. The second kappa shape index (κ2) is 17.9. The first-order valence-corrected chi connectivity index (χ1v) is 13.1. The van der Waals surface area contributed by atoms with Crippen LogP contribution in [-0.2, 0) is 10.1 Å². The summed E-state index contributed by atoms with van der Waals surface area (Å²) >= 11 is 0. The molecule has 0 aliphatic rings. The Balaban J connectivity index is 3.79. The van der Waals surface area contributed by atoms with Gasteiger partial charge in [0.25, 0.3) is 10.1 Å². The molecule has 0 bridgehead atoms. The van der Waals surface area contributed by atoms with E-state index in [9.17, 15) is 18.1 Å². The molecule has 0 spiro atoms. The van der Waals surface area contributed by atoms with Crippen LogP contribution in [0, 0.1) is 0 Å². The van der Waals surface area contributed by atoms with E-state index in [0.29, 0.717) is 19.3 Å². The summed E-state index contributed by atoms with van der Waals surface area (Å²) in [6.07, 6.45) is 18.2. The van der Waals surface area contributed by atoms with Crippen molar-refractivity contribution >= 4 is 10.1 Å². The minimum atomic E-state index is -4.01. The van der Waals surface area contributed by atoms with Crippen molar-refractivity contribution in [1.29, 1.82) is 0 Å². The molecule has 0 aliphatic carbocycles. The van der Waals surface area contributed by atoms with Gasteiger partial charge in [-0.3, -0.25) is 4.55 Å². The monoisotopic (exact) mass is 406 g/mol. The lowest BCUT2D eigenvalue weighted by molar-refractivity contribution is 0.147. The predicted molar refractivity (Wildman–Crippen MR) is 116 cm³/mol. The van der Waals surface area contributed by atoms with Crippen LogP contribution < -0.4 is 0 Å². The van der Waals surface area contributed by atoms with E-state index in [1.807, 2.05) is 0 Å². The van der Waals surface area contributed by atoms with Crippen LogP contribution in [-0.4, -0.2) is 29.4 Å². The van der Waals surface area contributed by atoms with Crippen molar-refractivity contribution in [2.75, 3.05) is 0 Å². The molecule has 0 aromatic heterocycles. The van der Waals surface area contributed by atoms with Crippen molar-refractivity contribution in [2.45, 2.75) is 141 Å². The van der Waals surface area contributed by atoms with Crippen molar-refractivity contribution in [2.24, 2.45) is 0 Å². The number of rotatable bonds is 20. The molecule has 2 atom stereocenters. The second-order valence-corrected chi connectivity index (χ2v) is 9.88. The van der Waals surface area contributed by atoms with Crippen LogP contribution in [0.4, 0.5) is 0 Å². The first-order valence-electron chi connectivity index (χ1n) is 11.6. The van der Waals surface area contributed by atoms with Crippen molar-refractivity contribution < 1.29 is 18.1 Å². The van der Waals surface area contributed by atoms with E-state index in [1.54, 1.807) is 0 Å². The average Bonchev–Trinajstić information content (AvgIpc) is 2.61. The highest BCUT2D eigenvalue weighted by Gasteiger charge is 2.23. The maximum atomic E-state index is 11.6. The highest BCUT2D eigenvalue weighted by molar-refractivity contribution is 7.86. The molecule has 0 saturated heterocycles. The smallest absolute Gasteiger partial charge is 0.267 e. The lowest BCUT2D eigenvalue weighted by atomic mass is 10.0. The quantitative estimate of drug-likeness (QED) is 0.175. The Morgan fingerprint density at radius 1 is 0.593 bits per heavy atom. The average molecular weight is 407 g/mol. The first-order chi connectivity index (χ1) is 12.9. The summed E-state index contributed by atoms with van der Waals surface area (Å²) in [5, 5.41) is 9.42. The Bertz CT molecular complexity index is 409. The highest BCUT2D eigenvalue weighted by Crippen LogP contribution is 2.19. The zero-order chi connectivity index (χ0) is 20.4. The number of hydrogen-bond acceptors (Lipinski definition) is 3. The second-order valence-electron chi connectivity index (χ2n) is 8.19. The maximum Gasteiger partial charge on any atom is 0.267 e. The third-order valence-corrected chi connectivity index (χ3v) is 6.83. The largest absolute Gasteiger partial charge is 0.393 e. The molecule has 0 saturated carbocycles. The van der Waals surface area contributed by atoms with Gasteiger partial charge in [-0.05, 0) is 25.7 Å². The van der Waals surface area contributed by atoms with Crippen molar-refractivity contribution in [1.82, 2.24) is 0 Å². The molecule has 0 aromatic carbocycles. The van der Waals surface area contributed by atoms with Crippen LogP contribution >= 0.6 is 0 Å². The van der Waals surface area contributed by atoms with Gasteiger partial charge in [0.2, 0.25) is 0 Å². The minimum absolute atomic E-state index is 0.366. The topological polar surface area (TPSA) is 74.6 Å². The van der Waals surface area contributed by atoms with Crippen LogP contribution in [0.25, 0.3) is 0 Å². The molecule has 27 heavy (non-hydrogen) atoms. The number of unbranched alkanes of at least 4 members (excludes halogenated alkanes) is 12. The van der Waals surface area contributed by atoms with Gasteiger partial charge in [-0.2, -0.15) is 8.42 Å². The van der Waals surface area contributed by atoms with Gasteiger partial charge in [-0.1, -0.05) is 104 Å². The predicted octanol–water partition coefficient (Wildman–Crippen LogP) is 6.67. The van der Waals surface area contributed by atoms with E-state index in [0.717, 1.165) is 44.9 Å². The summed E-state index contributed by atoms with van der Waals surface area (Å²) in [6, 6.07) is 0. The molecule has 5 heteroatoms. The molecule has 0 rings (SSSR count). The van der Waals surface area contributed by atoms with Crippen molar-refractivity contribution in [3.8, 4) is 0 Å². The summed E-state index contributed by atoms with van der Waals surface area (Å²) in [5.74, 6) is 0. The summed E-state index contributed by atoms with van der Waals surface area (Å²) in [4.78, 5) is 0. The summed E-state index contributed by atoms with van der Waals surface area (Å²) in [5.41, 5.74) is 0. The lowest BCUT2D eigenvalue weighted by Gasteiger charge is -2.16. The Labute approximate surface area is 169 Å². The van der Waals surface area contributed by atoms with Crippen molar-refractivity contribution in [3.05, 3.63) is 0 Å². The fourth-order valence-corrected chi connectivity index (χ4v) is 4.53. The zero-order valence-corrected chi connectivity index (χ0v) is 18.8. The Kier molecular flexibility index (Phi) is 17.8. The third-order valence-electron chi connectivity index (χ3n) is 5.51. The SMILES string of the molecule is CCCCCCCCCCCC(O)CCC(CCCCCCC)S(=O)(=O)O. The molecular weight excluding hydrogens is 360 g/mol. The van der Waals surface area contributed by atoms with Gasteiger partial charge >= 0.3 is 0 Å². The van der Waals surface area contributed by atoms with Gasteiger partial charge in [0.15, 0.2) is 0 Å². The van der Waals surface area contributed by atoms with Gasteiger partial charge in [0.1, 0.15) is 0 Å². The van der Waals surface area contributed by atoms with Crippen LogP contribution in [0.3, 0.4) is 0 Å². The van der Waals surface area contributed by atoms with Gasteiger partial charge in [0.05, 0.1) is 11.4 Å². The van der Waals surface area contributed by atoms with E-state index >= 15 is 0 Å². The maximum absolute atomic E-state index is 11.6. The zero-order valence-electron chi connectivity index (χ0n) is 18.0. The fourth-order valence-electron chi connectivity index (χ4n) is 3.63. The first kappa shape index (κ1) is 26.9. The normalized spacial score (nSPS) is 14.4. The molecule has 0 amide bonds.